The molecule has 0 bridgehead atoms. The van der Waals surface area contributed by atoms with Crippen LogP contribution in [0, 0.1) is 17.0 Å². The zero-order valence-corrected chi connectivity index (χ0v) is 8.69. The Morgan fingerprint density at radius 2 is 2.12 bits per heavy atom. The summed E-state index contributed by atoms with van der Waals surface area (Å²) in [5.41, 5.74) is 5.32. The second kappa shape index (κ2) is 4.98. The third kappa shape index (κ3) is 2.33. The highest BCUT2D eigenvalue weighted by atomic mass is 19.3. The summed E-state index contributed by atoms with van der Waals surface area (Å²) in [5.74, 6) is -1.29. The smallest absolute Gasteiger partial charge is 0.275 e. The van der Waals surface area contributed by atoms with Crippen molar-refractivity contribution in [1.29, 1.82) is 0 Å². The number of hydrogen-bond acceptors (Lipinski definition) is 3. The number of aryl methyl sites for hydroxylation is 1. The summed E-state index contributed by atoms with van der Waals surface area (Å²) in [6.07, 6.45) is -2.70. The van der Waals surface area contributed by atoms with Gasteiger partial charge in [-0.15, -0.1) is 0 Å². The van der Waals surface area contributed by atoms with Crippen molar-refractivity contribution < 1.29 is 13.7 Å². The minimum absolute atomic E-state index is 0.00231. The lowest BCUT2D eigenvalue weighted by molar-refractivity contribution is -0.386. The van der Waals surface area contributed by atoms with Gasteiger partial charge in [0.25, 0.3) is 5.69 Å². The van der Waals surface area contributed by atoms with Crippen LogP contribution in [0.1, 0.15) is 17.0 Å². The molecule has 1 atom stereocenters. The minimum atomic E-state index is -2.70. The van der Waals surface area contributed by atoms with Crippen molar-refractivity contribution in [2.24, 2.45) is 5.73 Å². The van der Waals surface area contributed by atoms with E-state index in [-0.39, 0.29) is 17.8 Å². The molecule has 1 aromatic carbocycles. The first kappa shape index (κ1) is 12.5. The van der Waals surface area contributed by atoms with Crippen LogP contribution in [0.3, 0.4) is 0 Å². The SMILES string of the molecule is Cc1cccc(C(CN)C(F)F)c1[N+](=O)[O-]. The average Bonchev–Trinajstić information content (AvgIpc) is 2.17. The number of nitro groups is 1. The molecule has 0 amide bonds. The zero-order valence-electron chi connectivity index (χ0n) is 8.69. The molecule has 0 aromatic heterocycles. The van der Waals surface area contributed by atoms with Gasteiger partial charge in [0.15, 0.2) is 0 Å². The second-order valence-corrected chi connectivity index (χ2v) is 3.45. The van der Waals surface area contributed by atoms with Gasteiger partial charge < -0.3 is 5.73 Å². The molecule has 0 saturated heterocycles. The predicted octanol–water partition coefficient (Wildman–Crippen LogP) is 2.21. The summed E-state index contributed by atoms with van der Waals surface area (Å²) in [6.45, 7) is 1.20. The Bertz CT molecular complexity index is 396. The van der Waals surface area contributed by atoms with Crippen LogP contribution in [0.25, 0.3) is 0 Å². The maximum atomic E-state index is 12.7. The van der Waals surface area contributed by atoms with Crippen molar-refractivity contribution in [3.8, 4) is 0 Å². The molecule has 1 rings (SSSR count). The predicted molar refractivity (Wildman–Crippen MR) is 55.6 cm³/mol. The van der Waals surface area contributed by atoms with E-state index in [4.69, 9.17) is 5.73 Å². The molecule has 6 heteroatoms. The third-order valence-corrected chi connectivity index (χ3v) is 2.41. The average molecular weight is 230 g/mol. The largest absolute Gasteiger partial charge is 0.330 e. The van der Waals surface area contributed by atoms with Crippen LogP contribution >= 0.6 is 0 Å². The highest BCUT2D eigenvalue weighted by Crippen LogP contribution is 2.32. The van der Waals surface area contributed by atoms with Crippen molar-refractivity contribution in [2.75, 3.05) is 6.54 Å². The maximum Gasteiger partial charge on any atom is 0.275 e. The van der Waals surface area contributed by atoms with Gasteiger partial charge >= 0.3 is 0 Å². The van der Waals surface area contributed by atoms with E-state index in [1.807, 2.05) is 0 Å². The van der Waals surface area contributed by atoms with Gasteiger partial charge in [-0.1, -0.05) is 18.2 Å². The van der Waals surface area contributed by atoms with Crippen LogP contribution in [-0.2, 0) is 0 Å². The van der Waals surface area contributed by atoms with Crippen molar-refractivity contribution in [3.63, 3.8) is 0 Å². The molecule has 0 aliphatic heterocycles. The Kier molecular flexibility index (Phi) is 3.89. The molecule has 1 aromatic rings. The lowest BCUT2D eigenvalue weighted by atomic mass is 9.95. The summed E-state index contributed by atoms with van der Waals surface area (Å²) in [6, 6.07) is 4.36. The summed E-state index contributed by atoms with van der Waals surface area (Å²) in [4.78, 5) is 10.2. The Labute approximate surface area is 91.2 Å². The fraction of sp³-hybridized carbons (Fsp3) is 0.400. The number of rotatable bonds is 4. The molecule has 16 heavy (non-hydrogen) atoms. The molecule has 88 valence electrons. The van der Waals surface area contributed by atoms with Crippen molar-refractivity contribution in [2.45, 2.75) is 19.3 Å². The monoisotopic (exact) mass is 230 g/mol. The van der Waals surface area contributed by atoms with Crippen molar-refractivity contribution in [3.05, 3.63) is 39.4 Å². The van der Waals surface area contributed by atoms with Gasteiger partial charge in [0, 0.05) is 17.7 Å². The minimum Gasteiger partial charge on any atom is -0.330 e. The summed E-state index contributed by atoms with van der Waals surface area (Å²) in [5, 5.41) is 10.8. The molecular formula is C10H12F2N2O2. The van der Waals surface area contributed by atoms with E-state index in [1.165, 1.54) is 25.1 Å². The third-order valence-electron chi connectivity index (χ3n) is 2.41. The Morgan fingerprint density at radius 3 is 2.56 bits per heavy atom. The van der Waals surface area contributed by atoms with Gasteiger partial charge in [-0.25, -0.2) is 8.78 Å². The molecule has 0 fully saturated rings. The molecule has 4 nitrogen and oxygen atoms in total. The Morgan fingerprint density at radius 1 is 1.50 bits per heavy atom. The van der Waals surface area contributed by atoms with Crippen LogP contribution in [0.2, 0.25) is 0 Å². The number of nitro benzene ring substituents is 1. The lowest BCUT2D eigenvalue weighted by Crippen LogP contribution is -2.21. The van der Waals surface area contributed by atoms with Crippen LogP contribution in [0.5, 0.6) is 0 Å². The highest BCUT2D eigenvalue weighted by Gasteiger charge is 2.29. The quantitative estimate of drug-likeness (QED) is 0.636. The van der Waals surface area contributed by atoms with Crippen LogP contribution in [-0.4, -0.2) is 17.9 Å². The van der Waals surface area contributed by atoms with E-state index in [0.29, 0.717) is 5.56 Å². The molecule has 2 N–H and O–H groups in total. The fourth-order valence-electron chi connectivity index (χ4n) is 1.60. The summed E-state index contributed by atoms with van der Waals surface area (Å²) < 4.78 is 25.3. The topological polar surface area (TPSA) is 69.2 Å². The number of hydrogen-bond donors (Lipinski definition) is 1. The van der Waals surface area contributed by atoms with Crippen LogP contribution in [0.15, 0.2) is 18.2 Å². The molecule has 0 aliphatic carbocycles. The van der Waals surface area contributed by atoms with Crippen LogP contribution < -0.4 is 5.73 Å². The Hall–Kier alpha value is -1.56. The molecular weight excluding hydrogens is 218 g/mol. The lowest BCUT2D eigenvalue weighted by Gasteiger charge is -2.14. The van der Waals surface area contributed by atoms with Gasteiger partial charge in [0.2, 0.25) is 6.43 Å². The van der Waals surface area contributed by atoms with Crippen molar-refractivity contribution in [1.82, 2.24) is 0 Å². The number of alkyl halides is 2. The van der Waals surface area contributed by atoms with E-state index >= 15 is 0 Å². The first-order valence-electron chi connectivity index (χ1n) is 4.71. The fourth-order valence-corrected chi connectivity index (χ4v) is 1.60. The molecule has 0 aliphatic rings. The van der Waals surface area contributed by atoms with Gasteiger partial charge in [-0.2, -0.15) is 0 Å². The molecule has 0 spiro atoms. The molecule has 0 radical (unpaired) electrons. The molecule has 1 unspecified atom stereocenters. The van der Waals surface area contributed by atoms with Crippen molar-refractivity contribution >= 4 is 5.69 Å². The second-order valence-electron chi connectivity index (χ2n) is 3.45. The maximum absolute atomic E-state index is 12.7. The van der Waals surface area contributed by atoms with E-state index in [2.05, 4.69) is 0 Å². The van der Waals surface area contributed by atoms with Gasteiger partial charge in [0.05, 0.1) is 10.8 Å². The van der Waals surface area contributed by atoms with E-state index < -0.39 is 17.3 Å². The van der Waals surface area contributed by atoms with Gasteiger partial charge in [-0.3, -0.25) is 10.1 Å². The normalized spacial score (nSPS) is 12.8. The summed E-state index contributed by atoms with van der Waals surface area (Å²) in [7, 11) is 0. The number of para-hydroxylation sites is 1. The molecule has 0 heterocycles. The van der Waals surface area contributed by atoms with Crippen LogP contribution in [0.4, 0.5) is 14.5 Å². The number of benzene rings is 1. The van der Waals surface area contributed by atoms with Gasteiger partial charge in [-0.05, 0) is 6.92 Å². The molecule has 0 saturated carbocycles. The number of halogens is 2. The van der Waals surface area contributed by atoms with E-state index in [9.17, 15) is 18.9 Å². The Balaban J connectivity index is 3.31. The zero-order chi connectivity index (χ0) is 12.3. The van der Waals surface area contributed by atoms with E-state index in [0.717, 1.165) is 0 Å². The first-order chi connectivity index (χ1) is 7.49. The highest BCUT2D eigenvalue weighted by molar-refractivity contribution is 5.49. The summed E-state index contributed by atoms with van der Waals surface area (Å²) >= 11 is 0. The number of nitrogens with zero attached hydrogens (tertiary/aromatic N) is 1. The number of nitrogens with two attached hydrogens (primary N) is 1. The first-order valence-corrected chi connectivity index (χ1v) is 4.71. The standard InChI is InChI=1S/C10H12F2N2O2/c1-6-3-2-4-7(9(6)14(15)16)8(5-13)10(11)12/h2-4,8,10H,5,13H2,1H3. The van der Waals surface area contributed by atoms with E-state index in [1.54, 1.807) is 0 Å². The van der Waals surface area contributed by atoms with Gasteiger partial charge in [0.1, 0.15) is 0 Å².